The number of carbonyl (C=O) groups excluding carboxylic acids is 1. The Kier molecular flexibility index (Phi) is 7.98. The molecular weight excluding hydrogens is 613 g/mol. The Morgan fingerprint density at radius 3 is 2.58 bits per heavy atom. The molecule has 1 fully saturated rings. The van der Waals surface area contributed by atoms with E-state index in [-0.39, 0.29) is 16.7 Å². The molecule has 1 amide bonds. The number of hydrogen-bond acceptors (Lipinski definition) is 8. The van der Waals surface area contributed by atoms with Crippen LogP contribution in [-0.2, 0) is 16.8 Å². The first-order chi connectivity index (χ1) is 23.1. The Balaban J connectivity index is 1.26. The van der Waals surface area contributed by atoms with E-state index in [0.717, 1.165) is 10.2 Å². The van der Waals surface area contributed by atoms with Gasteiger partial charge in [0.25, 0.3) is 11.5 Å². The zero-order valence-corrected chi connectivity index (χ0v) is 26.8. The molecule has 0 radical (unpaired) electrons. The van der Waals surface area contributed by atoms with E-state index in [9.17, 15) is 14.7 Å². The molecule has 1 aliphatic rings. The lowest BCUT2D eigenvalue weighted by Gasteiger charge is -2.26. The van der Waals surface area contributed by atoms with Crippen molar-refractivity contribution in [3.63, 3.8) is 0 Å². The summed E-state index contributed by atoms with van der Waals surface area (Å²) in [5, 5.41) is 18.7. The summed E-state index contributed by atoms with van der Waals surface area (Å²) in [4.78, 5) is 37.7. The average molecular weight is 648 g/mol. The largest absolute Gasteiger partial charge is 0.392 e. The first kappa shape index (κ1) is 31.2. The molecule has 1 aliphatic heterocycles. The van der Waals surface area contributed by atoms with Crippen molar-refractivity contribution < 1.29 is 19.0 Å². The third-order valence-electron chi connectivity index (χ3n) is 8.59. The van der Waals surface area contributed by atoms with E-state index in [1.54, 1.807) is 64.3 Å². The zero-order valence-electron chi connectivity index (χ0n) is 26.8. The van der Waals surface area contributed by atoms with Gasteiger partial charge in [-0.25, -0.2) is 14.4 Å². The summed E-state index contributed by atoms with van der Waals surface area (Å²) in [7, 11) is 0. The standard InChI is InChI=1S/C36H34FN7O4/c1-36(2,3)24-17-23-19-39-44(35(47)31(23)28(37)18-24)30-6-4-5-26(27(30)21-45)29-20-43-12-11-38-33(43)32(41-29)40-25-9-7-22(8-10-25)34(46)42-13-15-48-16-14-42/h4-12,17-20,45H,13-16,21H2,1-3H3,(H,40,41). The summed E-state index contributed by atoms with van der Waals surface area (Å²) in [6, 6.07) is 15.5. The maximum Gasteiger partial charge on any atom is 0.282 e. The van der Waals surface area contributed by atoms with Crippen LogP contribution in [0.15, 0.2) is 84.2 Å². The van der Waals surface area contributed by atoms with Gasteiger partial charge in [0.2, 0.25) is 0 Å². The van der Waals surface area contributed by atoms with Gasteiger partial charge in [-0.15, -0.1) is 0 Å². The number of nitrogens with one attached hydrogen (secondary N) is 1. The molecule has 6 aromatic rings. The van der Waals surface area contributed by atoms with Crippen LogP contribution >= 0.6 is 0 Å². The quantitative estimate of drug-likeness (QED) is 0.251. The molecule has 0 saturated carbocycles. The first-order valence-corrected chi connectivity index (χ1v) is 15.7. The van der Waals surface area contributed by atoms with Gasteiger partial charge in [-0.1, -0.05) is 32.9 Å². The van der Waals surface area contributed by atoms with Crippen LogP contribution in [-0.4, -0.2) is 66.4 Å². The third kappa shape index (κ3) is 5.69. The van der Waals surface area contributed by atoms with Crippen LogP contribution in [0.2, 0.25) is 0 Å². The maximum absolute atomic E-state index is 15.4. The van der Waals surface area contributed by atoms with Gasteiger partial charge in [0.05, 0.1) is 42.8 Å². The number of benzene rings is 3. The van der Waals surface area contributed by atoms with Gasteiger partial charge < -0.3 is 24.5 Å². The highest BCUT2D eigenvalue weighted by Crippen LogP contribution is 2.31. The number of halogens is 1. The molecular formula is C36H34FN7O4. The van der Waals surface area contributed by atoms with Crippen LogP contribution in [0.3, 0.4) is 0 Å². The highest BCUT2D eigenvalue weighted by atomic mass is 19.1. The molecule has 4 heterocycles. The van der Waals surface area contributed by atoms with Gasteiger partial charge in [0, 0.05) is 59.4 Å². The fourth-order valence-electron chi connectivity index (χ4n) is 5.94. The summed E-state index contributed by atoms with van der Waals surface area (Å²) in [6.45, 7) is 7.67. The number of hydrogen-bond donors (Lipinski definition) is 2. The first-order valence-electron chi connectivity index (χ1n) is 15.7. The van der Waals surface area contributed by atoms with Crippen molar-refractivity contribution in [1.82, 2.24) is 29.0 Å². The van der Waals surface area contributed by atoms with Crippen LogP contribution in [0.5, 0.6) is 0 Å². The number of fused-ring (bicyclic) bond motifs is 2. The van der Waals surface area contributed by atoms with Crippen LogP contribution < -0.4 is 10.9 Å². The second-order valence-corrected chi connectivity index (χ2v) is 12.7. The van der Waals surface area contributed by atoms with E-state index < -0.39 is 18.0 Å². The van der Waals surface area contributed by atoms with Gasteiger partial charge in [-0.05, 0) is 53.4 Å². The number of imidazole rings is 1. The summed E-state index contributed by atoms with van der Waals surface area (Å²) >= 11 is 0. The van der Waals surface area contributed by atoms with Crippen LogP contribution in [0.1, 0.15) is 42.3 Å². The fraction of sp³-hybridized carbons (Fsp3) is 0.250. The van der Waals surface area contributed by atoms with Crippen molar-refractivity contribution in [3.05, 3.63) is 112 Å². The Hall–Kier alpha value is -5.46. The van der Waals surface area contributed by atoms with E-state index in [1.165, 1.54) is 12.3 Å². The fourth-order valence-corrected chi connectivity index (χ4v) is 5.94. The molecule has 7 rings (SSSR count). The Bertz CT molecular complexity index is 2230. The van der Waals surface area contributed by atoms with Gasteiger partial charge in [-0.2, -0.15) is 9.78 Å². The van der Waals surface area contributed by atoms with Crippen molar-refractivity contribution in [1.29, 1.82) is 0 Å². The molecule has 0 bridgehead atoms. The molecule has 48 heavy (non-hydrogen) atoms. The number of aromatic nitrogens is 5. The number of rotatable bonds is 6. The van der Waals surface area contributed by atoms with Gasteiger partial charge in [0.15, 0.2) is 11.5 Å². The smallest absolute Gasteiger partial charge is 0.282 e. The predicted octanol–water partition coefficient (Wildman–Crippen LogP) is 5.24. The minimum Gasteiger partial charge on any atom is -0.392 e. The molecule has 3 aromatic heterocycles. The number of aliphatic hydroxyl groups is 1. The monoisotopic (exact) mass is 647 g/mol. The Morgan fingerprint density at radius 1 is 1.08 bits per heavy atom. The van der Waals surface area contributed by atoms with Crippen molar-refractivity contribution in [2.75, 3.05) is 31.6 Å². The molecule has 1 saturated heterocycles. The summed E-state index contributed by atoms with van der Waals surface area (Å²) < 4.78 is 23.7. The maximum atomic E-state index is 15.4. The number of aliphatic hydroxyl groups excluding tert-OH is 1. The lowest BCUT2D eigenvalue weighted by Crippen LogP contribution is -2.40. The van der Waals surface area contributed by atoms with Crippen LogP contribution in [0, 0.1) is 5.82 Å². The van der Waals surface area contributed by atoms with E-state index in [0.29, 0.717) is 76.9 Å². The summed E-state index contributed by atoms with van der Waals surface area (Å²) in [6.07, 6.45) is 6.68. The second kappa shape index (κ2) is 12.3. The predicted molar refractivity (Wildman–Crippen MR) is 180 cm³/mol. The molecule has 0 aliphatic carbocycles. The second-order valence-electron chi connectivity index (χ2n) is 12.7. The van der Waals surface area contributed by atoms with E-state index in [1.807, 2.05) is 32.9 Å². The van der Waals surface area contributed by atoms with Crippen LogP contribution in [0.4, 0.5) is 15.9 Å². The molecule has 0 unspecified atom stereocenters. The summed E-state index contributed by atoms with van der Waals surface area (Å²) in [5.41, 5.74) is 3.39. The number of amides is 1. The van der Waals surface area contributed by atoms with Crippen molar-refractivity contribution in [3.8, 4) is 16.9 Å². The third-order valence-corrected chi connectivity index (χ3v) is 8.59. The van der Waals surface area contributed by atoms with E-state index >= 15 is 4.39 Å². The van der Waals surface area contributed by atoms with Crippen molar-refractivity contribution >= 4 is 33.8 Å². The highest BCUT2D eigenvalue weighted by molar-refractivity contribution is 5.94. The minimum absolute atomic E-state index is 0.0468. The molecule has 2 N–H and O–H groups in total. The number of morpholine rings is 1. The number of anilines is 2. The number of carbonyl (C=O) groups is 1. The highest BCUT2D eigenvalue weighted by Gasteiger charge is 2.22. The lowest BCUT2D eigenvalue weighted by molar-refractivity contribution is 0.0303. The molecule has 11 nitrogen and oxygen atoms in total. The Labute approximate surface area is 275 Å². The van der Waals surface area contributed by atoms with Gasteiger partial charge in [-0.3, -0.25) is 9.59 Å². The number of ether oxygens (including phenoxy) is 1. The van der Waals surface area contributed by atoms with Gasteiger partial charge in [0.1, 0.15) is 5.82 Å². The molecule has 0 spiro atoms. The SMILES string of the molecule is CC(C)(C)c1cc(F)c2c(=O)n(-c3cccc(-c4cn5ccnc5c(Nc5ccc(C(=O)N6CCOCC6)cc5)n4)c3CO)ncc2c1. The van der Waals surface area contributed by atoms with Crippen molar-refractivity contribution in [2.45, 2.75) is 32.8 Å². The minimum atomic E-state index is -0.631. The molecule has 0 atom stereocenters. The lowest BCUT2D eigenvalue weighted by atomic mass is 9.86. The van der Waals surface area contributed by atoms with Gasteiger partial charge >= 0.3 is 0 Å². The normalized spacial score (nSPS) is 13.7. The van der Waals surface area contributed by atoms with E-state index in [4.69, 9.17) is 9.72 Å². The Morgan fingerprint density at radius 2 is 1.85 bits per heavy atom. The summed E-state index contributed by atoms with van der Waals surface area (Å²) in [5.74, 6) is -0.229. The van der Waals surface area contributed by atoms with E-state index in [2.05, 4.69) is 15.4 Å². The molecule has 3 aromatic carbocycles. The van der Waals surface area contributed by atoms with Crippen LogP contribution in [0.25, 0.3) is 33.4 Å². The van der Waals surface area contributed by atoms with Crippen molar-refractivity contribution in [2.24, 2.45) is 0 Å². The average Bonchev–Trinajstić information content (AvgIpc) is 3.57. The topological polar surface area (TPSA) is 127 Å². The molecule has 12 heteroatoms. The zero-order chi connectivity index (χ0) is 33.6. The molecule has 244 valence electrons. The number of nitrogens with zero attached hydrogens (tertiary/aromatic N) is 6.